The van der Waals surface area contributed by atoms with E-state index in [1.807, 2.05) is 51.6 Å². The van der Waals surface area contributed by atoms with Crippen LogP contribution in [0.25, 0.3) is 0 Å². The smallest absolute Gasteiger partial charge is 0.254 e. The van der Waals surface area contributed by atoms with E-state index in [1.54, 1.807) is 11.3 Å². The number of benzene rings is 2. The van der Waals surface area contributed by atoms with Gasteiger partial charge in [0.05, 0.1) is 12.0 Å². The van der Waals surface area contributed by atoms with Crippen LogP contribution in [0.4, 0.5) is 5.69 Å². The first-order valence-electron chi connectivity index (χ1n) is 12.1. The van der Waals surface area contributed by atoms with Gasteiger partial charge in [0.25, 0.3) is 5.91 Å². The number of carbonyl (C=O) groups is 2. The van der Waals surface area contributed by atoms with Crippen molar-refractivity contribution in [3.05, 3.63) is 88.1 Å². The number of amides is 2. The average Bonchev–Trinajstić information content (AvgIpc) is 3.40. The minimum absolute atomic E-state index is 0.0284. The summed E-state index contributed by atoms with van der Waals surface area (Å²) in [5.74, 6) is 0.0666. The lowest BCUT2D eigenvalue weighted by molar-refractivity contribution is -0.135. The van der Waals surface area contributed by atoms with E-state index in [4.69, 9.17) is 0 Å². The second-order valence-electron chi connectivity index (χ2n) is 9.52. The number of para-hydroxylation sites is 1. The van der Waals surface area contributed by atoms with E-state index in [9.17, 15) is 9.59 Å². The van der Waals surface area contributed by atoms with Crippen molar-refractivity contribution >= 4 is 28.8 Å². The van der Waals surface area contributed by atoms with Crippen molar-refractivity contribution < 1.29 is 9.59 Å². The van der Waals surface area contributed by atoms with Gasteiger partial charge >= 0.3 is 0 Å². The zero-order chi connectivity index (χ0) is 23.7. The van der Waals surface area contributed by atoms with Crippen LogP contribution in [0.1, 0.15) is 46.6 Å². The zero-order valence-electron chi connectivity index (χ0n) is 19.8. The maximum absolute atomic E-state index is 14.2. The summed E-state index contributed by atoms with van der Waals surface area (Å²) in [6.07, 6.45) is 0. The van der Waals surface area contributed by atoms with Gasteiger partial charge in [0.2, 0.25) is 5.91 Å². The highest BCUT2D eigenvalue weighted by atomic mass is 32.1. The molecule has 0 N–H and O–H groups in total. The summed E-state index contributed by atoms with van der Waals surface area (Å²) in [4.78, 5) is 35.1. The lowest BCUT2D eigenvalue weighted by Crippen LogP contribution is -2.53. The van der Waals surface area contributed by atoms with Crippen molar-refractivity contribution in [2.75, 3.05) is 37.6 Å². The first kappa shape index (κ1) is 22.7. The third-order valence-corrected chi connectivity index (χ3v) is 7.76. The first-order valence-corrected chi connectivity index (χ1v) is 12.9. The van der Waals surface area contributed by atoms with Gasteiger partial charge in [-0.2, -0.15) is 0 Å². The number of anilines is 1. The highest BCUT2D eigenvalue weighted by Gasteiger charge is 2.46. The van der Waals surface area contributed by atoms with Crippen LogP contribution in [0.5, 0.6) is 0 Å². The highest BCUT2D eigenvalue weighted by Crippen LogP contribution is 2.45. The number of piperazine rings is 1. The van der Waals surface area contributed by atoms with Crippen LogP contribution < -0.4 is 4.90 Å². The molecule has 0 saturated carbocycles. The number of nitrogens with zero attached hydrogens (tertiary/aromatic N) is 3. The summed E-state index contributed by atoms with van der Waals surface area (Å²) in [6, 6.07) is 21.9. The number of carbonyl (C=O) groups excluding carboxylic acids is 2. The summed E-state index contributed by atoms with van der Waals surface area (Å²) >= 11 is 1.63. The van der Waals surface area contributed by atoms with Crippen LogP contribution in [0.3, 0.4) is 0 Å². The molecule has 2 aromatic carbocycles. The lowest BCUT2D eigenvalue weighted by Gasteiger charge is -2.44. The van der Waals surface area contributed by atoms with Gasteiger partial charge in [0.15, 0.2) is 0 Å². The van der Waals surface area contributed by atoms with Gasteiger partial charge in [0.1, 0.15) is 0 Å². The molecule has 34 heavy (non-hydrogen) atoms. The van der Waals surface area contributed by atoms with Crippen molar-refractivity contribution in [2.24, 2.45) is 5.92 Å². The Morgan fingerprint density at radius 3 is 2.32 bits per heavy atom. The Balaban J connectivity index is 1.48. The van der Waals surface area contributed by atoms with E-state index in [0.29, 0.717) is 31.1 Å². The van der Waals surface area contributed by atoms with Crippen LogP contribution >= 0.6 is 11.3 Å². The molecule has 3 heterocycles. The van der Waals surface area contributed by atoms with E-state index in [-0.39, 0.29) is 17.9 Å². The fraction of sp³-hybridized carbons (Fsp3) is 0.357. The normalized spacial score (nSPS) is 20.6. The summed E-state index contributed by atoms with van der Waals surface area (Å²) in [5.41, 5.74) is 2.72. The Kier molecular flexibility index (Phi) is 6.42. The predicted octanol–water partition coefficient (Wildman–Crippen LogP) is 5.03. The summed E-state index contributed by atoms with van der Waals surface area (Å²) in [6.45, 7) is 7.85. The Labute approximate surface area is 205 Å². The van der Waals surface area contributed by atoms with Crippen LogP contribution in [-0.2, 0) is 4.79 Å². The number of fused-ring (bicyclic) bond motifs is 1. The van der Waals surface area contributed by atoms with Crippen LogP contribution in [0, 0.1) is 5.92 Å². The van der Waals surface area contributed by atoms with E-state index in [0.717, 1.165) is 23.5 Å². The molecule has 0 spiro atoms. The topological polar surface area (TPSA) is 43.9 Å². The van der Waals surface area contributed by atoms with E-state index in [1.165, 1.54) is 5.69 Å². The molecule has 0 radical (unpaired) electrons. The maximum atomic E-state index is 14.2. The third-order valence-electron chi connectivity index (χ3n) is 6.81. The van der Waals surface area contributed by atoms with Gasteiger partial charge in [-0.15, -0.1) is 11.3 Å². The molecule has 3 aromatic rings. The molecule has 1 aromatic heterocycles. The standard InChI is InChI=1S/C28H31N3O2S/c1-20(2)19-31-26(24-13-8-18-34-24)25(22-11-6-7-12-23(22)27(31)32)28(33)30-16-14-29(15-17-30)21-9-4-3-5-10-21/h3-13,18,20,25-26H,14-17,19H2,1-2H3. The number of hydrogen-bond acceptors (Lipinski definition) is 4. The van der Waals surface area contributed by atoms with Crippen LogP contribution in [0.2, 0.25) is 0 Å². The number of hydrogen-bond donors (Lipinski definition) is 0. The second kappa shape index (κ2) is 9.63. The molecular weight excluding hydrogens is 442 g/mol. The van der Waals surface area contributed by atoms with Crippen molar-refractivity contribution in [1.29, 1.82) is 0 Å². The quantitative estimate of drug-likeness (QED) is 0.522. The van der Waals surface area contributed by atoms with Gasteiger partial charge in [-0.25, -0.2) is 0 Å². The van der Waals surface area contributed by atoms with E-state index >= 15 is 0 Å². The van der Waals surface area contributed by atoms with E-state index < -0.39 is 5.92 Å². The minimum atomic E-state index is -0.394. The van der Waals surface area contributed by atoms with Crippen molar-refractivity contribution in [2.45, 2.75) is 25.8 Å². The molecule has 1 fully saturated rings. The van der Waals surface area contributed by atoms with Gasteiger partial charge in [-0.3, -0.25) is 9.59 Å². The Bertz CT molecular complexity index is 1140. The number of thiophene rings is 1. The van der Waals surface area contributed by atoms with Gasteiger partial charge in [-0.05, 0) is 41.1 Å². The lowest BCUT2D eigenvalue weighted by atomic mass is 9.80. The second-order valence-corrected chi connectivity index (χ2v) is 10.5. The maximum Gasteiger partial charge on any atom is 0.254 e. The van der Waals surface area contributed by atoms with Gasteiger partial charge < -0.3 is 14.7 Å². The Hall–Kier alpha value is -3.12. The molecule has 5 rings (SSSR count). The van der Waals surface area contributed by atoms with Crippen LogP contribution in [-0.4, -0.2) is 54.3 Å². The zero-order valence-corrected chi connectivity index (χ0v) is 20.6. The van der Waals surface area contributed by atoms with Crippen molar-refractivity contribution in [3.63, 3.8) is 0 Å². The van der Waals surface area contributed by atoms with Gasteiger partial charge in [0, 0.05) is 48.9 Å². The first-order chi connectivity index (χ1) is 16.5. The molecule has 2 aliphatic heterocycles. The molecule has 0 bridgehead atoms. The third kappa shape index (κ3) is 4.23. The fourth-order valence-electron chi connectivity index (χ4n) is 5.25. The molecule has 2 unspecified atom stereocenters. The molecule has 5 nitrogen and oxygen atoms in total. The summed E-state index contributed by atoms with van der Waals surface area (Å²) in [5, 5.41) is 2.04. The van der Waals surface area contributed by atoms with Crippen molar-refractivity contribution in [3.8, 4) is 0 Å². The van der Waals surface area contributed by atoms with E-state index in [2.05, 4.69) is 49.1 Å². The summed E-state index contributed by atoms with van der Waals surface area (Å²) in [7, 11) is 0. The molecule has 2 atom stereocenters. The SMILES string of the molecule is CC(C)CN1C(=O)c2ccccc2C(C(=O)N2CCN(c3ccccc3)CC2)C1c1cccs1. The summed E-state index contributed by atoms with van der Waals surface area (Å²) < 4.78 is 0. The fourth-order valence-corrected chi connectivity index (χ4v) is 6.12. The average molecular weight is 474 g/mol. The molecule has 176 valence electrons. The Morgan fingerprint density at radius 2 is 1.65 bits per heavy atom. The molecular formula is C28H31N3O2S. The molecule has 0 aliphatic carbocycles. The van der Waals surface area contributed by atoms with Crippen LogP contribution in [0.15, 0.2) is 72.1 Å². The van der Waals surface area contributed by atoms with Gasteiger partial charge in [-0.1, -0.05) is 56.3 Å². The molecule has 2 aliphatic rings. The largest absolute Gasteiger partial charge is 0.368 e. The Morgan fingerprint density at radius 1 is 0.941 bits per heavy atom. The molecule has 2 amide bonds. The minimum Gasteiger partial charge on any atom is -0.368 e. The monoisotopic (exact) mass is 473 g/mol. The molecule has 6 heteroatoms. The predicted molar refractivity (Wildman–Crippen MR) is 137 cm³/mol. The molecule has 1 saturated heterocycles. The van der Waals surface area contributed by atoms with Crippen molar-refractivity contribution in [1.82, 2.24) is 9.80 Å². The number of rotatable bonds is 5. The highest BCUT2D eigenvalue weighted by molar-refractivity contribution is 7.10.